The van der Waals surface area contributed by atoms with Gasteiger partial charge in [-0.15, -0.1) is 0 Å². The van der Waals surface area contributed by atoms with E-state index in [9.17, 15) is 18.0 Å². The third-order valence-corrected chi connectivity index (χ3v) is 2.58. The second kappa shape index (κ2) is 5.34. The Morgan fingerprint density at radius 2 is 2.00 bits per heavy atom. The highest BCUT2D eigenvalue weighted by atomic mass is 19.4. The van der Waals surface area contributed by atoms with Crippen molar-refractivity contribution < 1.29 is 22.7 Å². The minimum absolute atomic E-state index is 0.0146. The molecule has 0 radical (unpaired) electrons. The Hall–Kier alpha value is -0.980. The van der Waals surface area contributed by atoms with E-state index < -0.39 is 23.8 Å². The molecule has 0 saturated carbocycles. The number of rotatable bonds is 2. The standard InChI is InChI=1S/C11H19F3N2O2/c1-10(2,3)18-9(17)16-6-8-4-7(5-15-8)11(12,13)14/h7-8,15H,4-6H2,1-3H3,(H,16,17)/t7-,8-/m0/s1. The van der Waals surface area contributed by atoms with Gasteiger partial charge < -0.3 is 15.4 Å². The van der Waals surface area contributed by atoms with Gasteiger partial charge in [-0.2, -0.15) is 13.2 Å². The van der Waals surface area contributed by atoms with Gasteiger partial charge >= 0.3 is 12.3 Å². The molecule has 0 aromatic rings. The first-order valence-electron chi connectivity index (χ1n) is 5.85. The van der Waals surface area contributed by atoms with E-state index in [1.54, 1.807) is 20.8 Å². The number of halogens is 3. The Balaban J connectivity index is 2.28. The summed E-state index contributed by atoms with van der Waals surface area (Å²) in [5, 5.41) is 5.20. The molecule has 0 bridgehead atoms. The summed E-state index contributed by atoms with van der Waals surface area (Å²) in [7, 11) is 0. The second-order valence-corrected chi connectivity index (χ2v) is 5.46. The lowest BCUT2D eigenvalue weighted by Gasteiger charge is -2.20. The number of hydrogen-bond donors (Lipinski definition) is 2. The van der Waals surface area contributed by atoms with Crippen molar-refractivity contribution in [3.8, 4) is 0 Å². The van der Waals surface area contributed by atoms with Gasteiger partial charge in [0.15, 0.2) is 0 Å². The van der Waals surface area contributed by atoms with E-state index in [1.165, 1.54) is 0 Å². The van der Waals surface area contributed by atoms with Crippen LogP contribution in [0.2, 0.25) is 0 Å². The van der Waals surface area contributed by atoms with Crippen molar-refractivity contribution in [2.45, 2.75) is 45.0 Å². The summed E-state index contributed by atoms with van der Waals surface area (Å²) in [4.78, 5) is 11.3. The van der Waals surface area contributed by atoms with Crippen LogP contribution in [0.4, 0.5) is 18.0 Å². The number of alkyl halides is 3. The molecule has 1 amide bonds. The third-order valence-electron chi connectivity index (χ3n) is 2.58. The van der Waals surface area contributed by atoms with E-state index in [0.29, 0.717) is 0 Å². The van der Waals surface area contributed by atoms with Gasteiger partial charge in [-0.3, -0.25) is 0 Å². The van der Waals surface area contributed by atoms with Crippen LogP contribution in [0.15, 0.2) is 0 Å². The highest BCUT2D eigenvalue weighted by Crippen LogP contribution is 2.32. The van der Waals surface area contributed by atoms with E-state index in [0.717, 1.165) is 0 Å². The van der Waals surface area contributed by atoms with Gasteiger partial charge in [0.1, 0.15) is 5.60 Å². The molecule has 0 aromatic heterocycles. The van der Waals surface area contributed by atoms with Crippen LogP contribution in [0.25, 0.3) is 0 Å². The number of carbonyl (C=O) groups excluding carboxylic acids is 1. The monoisotopic (exact) mass is 268 g/mol. The summed E-state index contributed by atoms with van der Waals surface area (Å²) < 4.78 is 42.2. The number of hydrogen-bond acceptors (Lipinski definition) is 3. The summed E-state index contributed by atoms with van der Waals surface area (Å²) in [5.41, 5.74) is -0.609. The minimum Gasteiger partial charge on any atom is -0.444 e. The van der Waals surface area contributed by atoms with Gasteiger partial charge in [0.05, 0.1) is 5.92 Å². The number of alkyl carbamates (subject to hydrolysis) is 1. The fourth-order valence-corrected chi connectivity index (χ4v) is 1.74. The van der Waals surface area contributed by atoms with Crippen molar-refractivity contribution in [2.75, 3.05) is 13.1 Å². The summed E-state index contributed by atoms with van der Waals surface area (Å²) in [6, 6.07) is -0.357. The fourth-order valence-electron chi connectivity index (χ4n) is 1.74. The minimum atomic E-state index is -4.17. The molecule has 1 aliphatic rings. The Kier molecular flexibility index (Phi) is 4.47. The molecule has 1 aliphatic heterocycles. The van der Waals surface area contributed by atoms with E-state index in [4.69, 9.17) is 4.74 Å². The Bertz CT molecular complexity index is 300. The molecule has 4 nitrogen and oxygen atoms in total. The first-order valence-corrected chi connectivity index (χ1v) is 5.85. The van der Waals surface area contributed by atoms with Gasteiger partial charge in [-0.05, 0) is 27.2 Å². The number of nitrogens with one attached hydrogen (secondary N) is 2. The highest BCUT2D eigenvalue weighted by Gasteiger charge is 2.43. The quantitative estimate of drug-likeness (QED) is 0.806. The Morgan fingerprint density at radius 3 is 2.44 bits per heavy atom. The molecule has 1 saturated heterocycles. The molecule has 18 heavy (non-hydrogen) atoms. The summed E-state index contributed by atoms with van der Waals surface area (Å²) in [5.74, 6) is -1.33. The van der Waals surface area contributed by atoms with Crippen LogP contribution in [0.3, 0.4) is 0 Å². The van der Waals surface area contributed by atoms with E-state index >= 15 is 0 Å². The molecule has 0 aromatic carbocycles. The van der Waals surface area contributed by atoms with Gasteiger partial charge in [0, 0.05) is 19.1 Å². The first-order chi connectivity index (χ1) is 8.08. The number of ether oxygens (including phenoxy) is 1. The maximum atomic E-state index is 12.4. The summed E-state index contributed by atoms with van der Waals surface area (Å²) >= 11 is 0. The maximum Gasteiger partial charge on any atom is 0.407 e. The zero-order valence-electron chi connectivity index (χ0n) is 10.7. The molecule has 0 spiro atoms. The van der Waals surface area contributed by atoms with Crippen molar-refractivity contribution in [3.63, 3.8) is 0 Å². The average molecular weight is 268 g/mol. The van der Waals surface area contributed by atoms with Crippen LogP contribution in [-0.2, 0) is 4.74 Å². The highest BCUT2D eigenvalue weighted by molar-refractivity contribution is 5.67. The van der Waals surface area contributed by atoms with Crippen LogP contribution in [0, 0.1) is 5.92 Å². The van der Waals surface area contributed by atoms with Gasteiger partial charge in [0.2, 0.25) is 0 Å². The molecule has 1 rings (SSSR count). The predicted molar refractivity (Wildman–Crippen MR) is 60.2 cm³/mol. The van der Waals surface area contributed by atoms with Crippen LogP contribution in [0.5, 0.6) is 0 Å². The molecule has 106 valence electrons. The molecule has 2 N–H and O–H groups in total. The predicted octanol–water partition coefficient (Wildman–Crippen LogP) is 2.05. The summed E-state index contributed by atoms with van der Waals surface area (Å²) in [6.07, 6.45) is -4.80. The van der Waals surface area contributed by atoms with Crippen LogP contribution in [0.1, 0.15) is 27.2 Å². The van der Waals surface area contributed by atoms with Crippen LogP contribution in [-0.4, -0.2) is 37.0 Å². The fraction of sp³-hybridized carbons (Fsp3) is 0.909. The molecule has 0 aliphatic carbocycles. The smallest absolute Gasteiger partial charge is 0.407 e. The molecule has 7 heteroatoms. The number of carbonyl (C=O) groups is 1. The maximum absolute atomic E-state index is 12.4. The molecule has 1 heterocycles. The van der Waals surface area contributed by atoms with E-state index in [-0.39, 0.29) is 25.6 Å². The van der Waals surface area contributed by atoms with Crippen LogP contribution >= 0.6 is 0 Å². The zero-order chi connectivity index (χ0) is 14.0. The lowest BCUT2D eigenvalue weighted by Crippen LogP contribution is -2.39. The Morgan fingerprint density at radius 1 is 1.39 bits per heavy atom. The third kappa shape index (κ3) is 5.12. The zero-order valence-corrected chi connectivity index (χ0v) is 10.7. The van der Waals surface area contributed by atoms with Crippen LogP contribution < -0.4 is 10.6 Å². The topological polar surface area (TPSA) is 50.4 Å². The largest absolute Gasteiger partial charge is 0.444 e. The summed E-state index contributed by atoms with van der Waals surface area (Å²) in [6.45, 7) is 5.21. The second-order valence-electron chi connectivity index (χ2n) is 5.46. The lowest BCUT2D eigenvalue weighted by molar-refractivity contribution is -0.169. The van der Waals surface area contributed by atoms with E-state index in [2.05, 4.69) is 10.6 Å². The van der Waals surface area contributed by atoms with Crippen molar-refractivity contribution in [3.05, 3.63) is 0 Å². The lowest BCUT2D eigenvalue weighted by atomic mass is 10.1. The first kappa shape index (κ1) is 15.1. The van der Waals surface area contributed by atoms with Crippen molar-refractivity contribution >= 4 is 6.09 Å². The molecular formula is C11H19F3N2O2. The SMILES string of the molecule is CC(C)(C)OC(=O)NC[C@@H]1C[C@H](C(F)(F)F)CN1. The van der Waals surface area contributed by atoms with Gasteiger partial charge in [-0.25, -0.2) is 4.79 Å². The number of amides is 1. The van der Waals surface area contributed by atoms with Crippen molar-refractivity contribution in [2.24, 2.45) is 5.92 Å². The molecular weight excluding hydrogens is 249 g/mol. The molecule has 0 unspecified atom stereocenters. The average Bonchev–Trinajstić information content (AvgIpc) is 2.59. The normalized spacial score (nSPS) is 25.0. The van der Waals surface area contributed by atoms with Crippen molar-refractivity contribution in [1.82, 2.24) is 10.6 Å². The van der Waals surface area contributed by atoms with Gasteiger partial charge in [-0.1, -0.05) is 0 Å². The van der Waals surface area contributed by atoms with Gasteiger partial charge in [0.25, 0.3) is 0 Å². The van der Waals surface area contributed by atoms with Crippen molar-refractivity contribution in [1.29, 1.82) is 0 Å². The molecule has 2 atom stereocenters. The Labute approximate surface area is 104 Å². The molecule has 1 fully saturated rings. The van der Waals surface area contributed by atoms with E-state index in [1.807, 2.05) is 0 Å².